The molecule has 1 rings (SSSR count). The van der Waals surface area contributed by atoms with Crippen LogP contribution in [-0.2, 0) is 11.3 Å². The number of nitrogens with two attached hydrogens (primary N) is 1. The van der Waals surface area contributed by atoms with Crippen molar-refractivity contribution in [3.63, 3.8) is 0 Å². The van der Waals surface area contributed by atoms with Gasteiger partial charge >= 0.3 is 0 Å². The Morgan fingerprint density at radius 3 is 2.84 bits per heavy atom. The third-order valence-corrected chi connectivity index (χ3v) is 3.02. The topological polar surface area (TPSA) is 74.3 Å². The number of nitrogens with one attached hydrogen (secondary N) is 1. The Morgan fingerprint density at radius 1 is 1.47 bits per heavy atom. The summed E-state index contributed by atoms with van der Waals surface area (Å²) in [4.78, 5) is 0. The van der Waals surface area contributed by atoms with Gasteiger partial charge in [0.25, 0.3) is 0 Å². The highest BCUT2D eigenvalue weighted by atomic mass is 16.5. The van der Waals surface area contributed by atoms with E-state index in [-0.39, 0.29) is 6.04 Å². The lowest BCUT2D eigenvalue weighted by molar-refractivity contribution is 0.140. The van der Waals surface area contributed by atoms with Crippen LogP contribution in [0.1, 0.15) is 44.8 Å². The van der Waals surface area contributed by atoms with Crippen LogP contribution in [0.2, 0.25) is 0 Å². The predicted octanol–water partition coefficient (Wildman–Crippen LogP) is 1.62. The van der Waals surface area contributed by atoms with Crippen molar-refractivity contribution in [1.29, 1.82) is 0 Å². The summed E-state index contributed by atoms with van der Waals surface area (Å²) in [5.41, 5.74) is 3.88. The number of hydrogen-bond acceptors (Lipinski definition) is 5. The monoisotopic (exact) mass is 270 g/mol. The first kappa shape index (κ1) is 15.9. The van der Waals surface area contributed by atoms with Crippen LogP contribution in [0.25, 0.3) is 0 Å². The normalized spacial score (nSPS) is 12.6. The van der Waals surface area contributed by atoms with E-state index < -0.39 is 0 Å². The molecule has 110 valence electrons. The second-order valence-corrected chi connectivity index (χ2v) is 4.38. The molecule has 1 aromatic rings. The van der Waals surface area contributed by atoms with Crippen LogP contribution in [-0.4, -0.2) is 30.1 Å². The summed E-state index contributed by atoms with van der Waals surface area (Å²) in [6.07, 6.45) is 4.61. The Kier molecular flexibility index (Phi) is 7.47. The highest BCUT2D eigenvalue weighted by Crippen LogP contribution is 2.27. The number of methoxy groups -OCH3 is 1. The molecule has 0 aliphatic rings. The highest BCUT2D eigenvalue weighted by Gasteiger charge is 2.20. The Labute approximate surface area is 115 Å². The molecule has 0 radical (unpaired) electrons. The molecule has 0 fully saturated rings. The van der Waals surface area contributed by atoms with Gasteiger partial charge < -0.3 is 9.47 Å². The lowest BCUT2D eigenvalue weighted by Gasteiger charge is -2.18. The third kappa shape index (κ3) is 4.49. The molecule has 1 heterocycles. The van der Waals surface area contributed by atoms with Gasteiger partial charge in [-0.15, -0.1) is 0 Å². The average Bonchev–Trinajstić information content (AvgIpc) is 2.82. The summed E-state index contributed by atoms with van der Waals surface area (Å²) in [6.45, 7) is 6.48. The molecular weight excluding hydrogens is 244 g/mol. The van der Waals surface area contributed by atoms with Gasteiger partial charge in [-0.25, -0.2) is 0 Å². The summed E-state index contributed by atoms with van der Waals surface area (Å²) in [6, 6.07) is 0.0319. The van der Waals surface area contributed by atoms with E-state index in [1.54, 1.807) is 13.3 Å². The summed E-state index contributed by atoms with van der Waals surface area (Å²) in [5.74, 6) is 6.46. The molecule has 0 aliphatic heterocycles. The average molecular weight is 270 g/mol. The van der Waals surface area contributed by atoms with Crippen LogP contribution < -0.4 is 16.0 Å². The van der Waals surface area contributed by atoms with Gasteiger partial charge in [-0.1, -0.05) is 6.92 Å². The second kappa shape index (κ2) is 8.90. The van der Waals surface area contributed by atoms with Crippen molar-refractivity contribution in [2.24, 2.45) is 5.84 Å². The number of hydrazine groups is 1. The molecule has 6 nitrogen and oxygen atoms in total. The molecule has 3 N–H and O–H groups in total. The number of aromatic nitrogens is 2. The van der Waals surface area contributed by atoms with E-state index in [1.807, 2.05) is 11.6 Å². The molecule has 0 aromatic carbocycles. The van der Waals surface area contributed by atoms with E-state index in [4.69, 9.17) is 15.3 Å². The van der Waals surface area contributed by atoms with Crippen LogP contribution >= 0.6 is 0 Å². The molecule has 0 spiro atoms. The lowest BCUT2D eigenvalue weighted by atomic mass is 10.1. The van der Waals surface area contributed by atoms with Gasteiger partial charge in [0.2, 0.25) is 0 Å². The standard InChI is InChI=1S/C13H26N4O2/c1-4-8-17-13(12(18-3)10-15-17)11(16-14)7-6-9-19-5-2/h10-11,16H,4-9,14H2,1-3H3. The van der Waals surface area contributed by atoms with Gasteiger partial charge in [0.1, 0.15) is 0 Å². The zero-order valence-electron chi connectivity index (χ0n) is 12.2. The van der Waals surface area contributed by atoms with Crippen LogP contribution in [0.3, 0.4) is 0 Å². The first-order valence-corrected chi connectivity index (χ1v) is 6.91. The van der Waals surface area contributed by atoms with E-state index in [0.29, 0.717) is 0 Å². The van der Waals surface area contributed by atoms with Crippen LogP contribution in [0.4, 0.5) is 0 Å². The Hall–Kier alpha value is -1.11. The zero-order valence-corrected chi connectivity index (χ0v) is 12.2. The number of aryl methyl sites for hydroxylation is 1. The maximum Gasteiger partial charge on any atom is 0.161 e. The molecular formula is C13H26N4O2. The molecule has 19 heavy (non-hydrogen) atoms. The quantitative estimate of drug-likeness (QED) is 0.384. The van der Waals surface area contributed by atoms with Crippen LogP contribution in [0, 0.1) is 0 Å². The Balaban J connectivity index is 2.74. The van der Waals surface area contributed by atoms with Gasteiger partial charge in [-0.2, -0.15) is 5.10 Å². The maximum absolute atomic E-state index is 5.68. The maximum atomic E-state index is 5.68. The van der Waals surface area contributed by atoms with Crippen molar-refractivity contribution in [2.75, 3.05) is 20.3 Å². The predicted molar refractivity (Wildman–Crippen MR) is 74.9 cm³/mol. The highest BCUT2D eigenvalue weighted by molar-refractivity contribution is 5.28. The summed E-state index contributed by atoms with van der Waals surface area (Å²) >= 11 is 0. The van der Waals surface area contributed by atoms with Crippen molar-refractivity contribution in [2.45, 2.75) is 45.7 Å². The minimum absolute atomic E-state index is 0.0319. The molecule has 1 atom stereocenters. The smallest absolute Gasteiger partial charge is 0.161 e. The lowest BCUT2D eigenvalue weighted by Crippen LogP contribution is -2.30. The first-order valence-electron chi connectivity index (χ1n) is 6.91. The number of rotatable bonds is 10. The Bertz CT molecular complexity index is 354. The van der Waals surface area contributed by atoms with Crippen molar-refractivity contribution in [3.05, 3.63) is 11.9 Å². The molecule has 6 heteroatoms. The molecule has 1 aromatic heterocycles. The third-order valence-electron chi connectivity index (χ3n) is 3.02. The summed E-state index contributed by atoms with van der Waals surface area (Å²) in [7, 11) is 1.66. The van der Waals surface area contributed by atoms with Crippen molar-refractivity contribution in [3.8, 4) is 5.75 Å². The number of hydrogen-bond donors (Lipinski definition) is 2. The van der Waals surface area contributed by atoms with Crippen molar-refractivity contribution >= 4 is 0 Å². The van der Waals surface area contributed by atoms with Crippen LogP contribution in [0.15, 0.2) is 6.20 Å². The van der Waals surface area contributed by atoms with Gasteiger partial charge in [-0.3, -0.25) is 16.0 Å². The van der Waals surface area contributed by atoms with Gasteiger partial charge in [-0.05, 0) is 26.2 Å². The fourth-order valence-corrected chi connectivity index (χ4v) is 2.11. The van der Waals surface area contributed by atoms with E-state index in [1.165, 1.54) is 0 Å². The largest absolute Gasteiger partial charge is 0.493 e. The molecule has 0 aliphatic carbocycles. The van der Waals surface area contributed by atoms with Crippen molar-refractivity contribution in [1.82, 2.24) is 15.2 Å². The molecule has 0 amide bonds. The molecule has 0 saturated heterocycles. The van der Waals surface area contributed by atoms with E-state index in [0.717, 1.165) is 50.5 Å². The molecule has 0 bridgehead atoms. The fourth-order valence-electron chi connectivity index (χ4n) is 2.11. The SMILES string of the molecule is CCCn1ncc(OC)c1C(CCCOCC)NN. The van der Waals surface area contributed by atoms with Gasteiger partial charge in [0.05, 0.1) is 25.0 Å². The zero-order chi connectivity index (χ0) is 14.1. The number of ether oxygens (including phenoxy) is 2. The van der Waals surface area contributed by atoms with Crippen LogP contribution in [0.5, 0.6) is 5.75 Å². The molecule has 1 unspecified atom stereocenters. The van der Waals surface area contributed by atoms with E-state index >= 15 is 0 Å². The van der Waals surface area contributed by atoms with Gasteiger partial charge in [0, 0.05) is 19.8 Å². The second-order valence-electron chi connectivity index (χ2n) is 4.38. The first-order chi connectivity index (χ1) is 9.28. The summed E-state index contributed by atoms with van der Waals surface area (Å²) < 4.78 is 12.7. The summed E-state index contributed by atoms with van der Waals surface area (Å²) in [5, 5.41) is 4.35. The van der Waals surface area contributed by atoms with Crippen molar-refractivity contribution < 1.29 is 9.47 Å². The minimum Gasteiger partial charge on any atom is -0.493 e. The van der Waals surface area contributed by atoms with Gasteiger partial charge in [0.15, 0.2) is 5.75 Å². The van der Waals surface area contributed by atoms with E-state index in [2.05, 4.69) is 17.4 Å². The van der Waals surface area contributed by atoms with E-state index in [9.17, 15) is 0 Å². The molecule has 0 saturated carbocycles. The fraction of sp³-hybridized carbons (Fsp3) is 0.769. The number of nitrogens with zero attached hydrogens (tertiary/aromatic N) is 2. The Morgan fingerprint density at radius 2 is 2.26 bits per heavy atom. The minimum atomic E-state index is 0.0319.